The van der Waals surface area contributed by atoms with Crippen LogP contribution in [0.15, 0.2) is 64.5 Å². The summed E-state index contributed by atoms with van der Waals surface area (Å²) in [5.41, 5.74) is 1.01. The predicted octanol–water partition coefficient (Wildman–Crippen LogP) is 3.99. The molecule has 0 aliphatic rings. The fraction of sp³-hybridized carbons (Fsp3) is 0.278. The quantitative estimate of drug-likeness (QED) is 0.365. The molecule has 2 aromatic carbocycles. The number of hydrogen-bond acceptors (Lipinski definition) is 2. The number of aliphatic imine (C=N–C) groups is 1. The summed E-state index contributed by atoms with van der Waals surface area (Å²) >= 11 is 6.22. The molecule has 25 heavy (non-hydrogen) atoms. The predicted molar refractivity (Wildman–Crippen MR) is 117 cm³/mol. The number of guanidine groups is 1. The molecule has 2 N–H and O–H groups in total. The molecule has 2 atom stereocenters. The number of rotatable bonds is 6. The molecule has 0 fully saturated rings. The molecule has 2 unspecified atom stereocenters. The van der Waals surface area contributed by atoms with E-state index in [1.165, 1.54) is 0 Å². The summed E-state index contributed by atoms with van der Waals surface area (Å²) in [5.74, 6) is 1.18. The van der Waals surface area contributed by atoms with Gasteiger partial charge in [-0.15, -0.1) is 24.0 Å². The summed E-state index contributed by atoms with van der Waals surface area (Å²) in [6.07, 6.45) is 0. The molecule has 0 aliphatic carbocycles. The summed E-state index contributed by atoms with van der Waals surface area (Å²) in [6, 6.07) is 17.2. The zero-order valence-corrected chi connectivity index (χ0v) is 18.1. The van der Waals surface area contributed by atoms with Crippen LogP contribution in [-0.2, 0) is 10.8 Å². The maximum atomic E-state index is 12.2. The summed E-state index contributed by atoms with van der Waals surface area (Å²) in [6.45, 7) is 2.59. The highest BCUT2D eigenvalue weighted by atomic mass is 127. The van der Waals surface area contributed by atoms with Gasteiger partial charge < -0.3 is 10.6 Å². The molecule has 7 heteroatoms. The Bertz CT molecular complexity index is 712. The lowest BCUT2D eigenvalue weighted by Crippen LogP contribution is -2.40. The van der Waals surface area contributed by atoms with Crippen LogP contribution in [0.2, 0.25) is 5.02 Å². The Hall–Kier alpha value is -1.12. The van der Waals surface area contributed by atoms with Crippen molar-refractivity contribution >= 4 is 52.3 Å². The topological polar surface area (TPSA) is 53.5 Å². The first-order valence-corrected chi connectivity index (χ1v) is 9.46. The van der Waals surface area contributed by atoms with Gasteiger partial charge >= 0.3 is 0 Å². The largest absolute Gasteiger partial charge is 0.355 e. The Morgan fingerprint density at radius 2 is 1.80 bits per heavy atom. The van der Waals surface area contributed by atoms with E-state index in [1.54, 1.807) is 7.05 Å². The molecule has 0 aliphatic heterocycles. The highest BCUT2D eigenvalue weighted by molar-refractivity contribution is 14.0. The molecule has 2 aromatic rings. The fourth-order valence-electron chi connectivity index (χ4n) is 2.26. The maximum absolute atomic E-state index is 12.2. The minimum atomic E-state index is -1.02. The van der Waals surface area contributed by atoms with Crippen LogP contribution in [0.25, 0.3) is 0 Å². The van der Waals surface area contributed by atoms with E-state index in [-0.39, 0.29) is 30.0 Å². The van der Waals surface area contributed by atoms with Crippen molar-refractivity contribution in [3.8, 4) is 0 Å². The van der Waals surface area contributed by atoms with Gasteiger partial charge in [0.2, 0.25) is 0 Å². The van der Waals surface area contributed by atoms with E-state index in [0.717, 1.165) is 15.5 Å². The molecule has 0 heterocycles. The Balaban J connectivity index is 0.00000312. The molecule has 0 spiro atoms. The summed E-state index contributed by atoms with van der Waals surface area (Å²) in [7, 11) is 0.691. The van der Waals surface area contributed by atoms with Crippen LogP contribution < -0.4 is 10.6 Å². The molecule has 0 saturated carbocycles. The van der Waals surface area contributed by atoms with Crippen molar-refractivity contribution in [2.75, 3.05) is 19.3 Å². The highest BCUT2D eigenvalue weighted by Gasteiger charge is 2.11. The third-order valence-corrected chi connectivity index (χ3v) is 5.25. The SMILES string of the molecule is CN=C(NCCS(=O)c1ccccc1)NC(C)c1ccccc1Cl.I. The van der Waals surface area contributed by atoms with Crippen molar-refractivity contribution in [2.45, 2.75) is 17.9 Å². The second kappa shape index (κ2) is 11.5. The number of hydrogen-bond donors (Lipinski definition) is 2. The number of benzene rings is 2. The highest BCUT2D eigenvalue weighted by Crippen LogP contribution is 2.21. The lowest BCUT2D eigenvalue weighted by molar-refractivity contribution is 0.677. The van der Waals surface area contributed by atoms with Crippen LogP contribution in [-0.4, -0.2) is 29.5 Å². The zero-order valence-electron chi connectivity index (χ0n) is 14.2. The number of nitrogens with zero attached hydrogens (tertiary/aromatic N) is 1. The Morgan fingerprint density at radius 3 is 2.44 bits per heavy atom. The molecule has 0 radical (unpaired) electrons. The second-order valence-corrected chi connectivity index (χ2v) is 7.23. The average molecular weight is 492 g/mol. The van der Waals surface area contributed by atoms with Crippen molar-refractivity contribution in [3.63, 3.8) is 0 Å². The van der Waals surface area contributed by atoms with Gasteiger partial charge in [0.15, 0.2) is 5.96 Å². The first-order chi connectivity index (χ1) is 11.6. The minimum absolute atomic E-state index is 0. The van der Waals surface area contributed by atoms with E-state index in [9.17, 15) is 4.21 Å². The van der Waals surface area contributed by atoms with E-state index in [1.807, 2.05) is 61.5 Å². The van der Waals surface area contributed by atoms with Gasteiger partial charge in [-0.05, 0) is 30.7 Å². The van der Waals surface area contributed by atoms with E-state index >= 15 is 0 Å². The molecule has 0 amide bonds. The zero-order chi connectivity index (χ0) is 17.4. The van der Waals surface area contributed by atoms with Crippen molar-refractivity contribution in [3.05, 3.63) is 65.2 Å². The van der Waals surface area contributed by atoms with E-state index in [4.69, 9.17) is 11.6 Å². The molecule has 4 nitrogen and oxygen atoms in total. The third kappa shape index (κ3) is 6.95. The standard InChI is InChI=1S/C18H22ClN3OS.HI/c1-14(16-10-6-7-11-17(16)19)22-18(20-2)21-12-13-24(23)15-8-4-3-5-9-15;/h3-11,14H,12-13H2,1-2H3,(H2,20,21,22);1H. The molecule has 0 saturated heterocycles. The molecular formula is C18H23ClIN3OS. The van der Waals surface area contributed by atoms with E-state index < -0.39 is 10.8 Å². The molecule has 2 rings (SSSR count). The Kier molecular flexibility index (Phi) is 10.1. The second-order valence-electron chi connectivity index (χ2n) is 5.25. The van der Waals surface area contributed by atoms with Gasteiger partial charge in [0.25, 0.3) is 0 Å². The summed E-state index contributed by atoms with van der Waals surface area (Å²) < 4.78 is 12.2. The Labute approximate surface area is 173 Å². The van der Waals surface area contributed by atoms with Crippen LogP contribution in [0, 0.1) is 0 Å². The number of nitrogens with one attached hydrogen (secondary N) is 2. The minimum Gasteiger partial charge on any atom is -0.355 e. The molecule has 0 bridgehead atoms. The van der Waals surface area contributed by atoms with Gasteiger partial charge in [-0.3, -0.25) is 9.20 Å². The Morgan fingerprint density at radius 1 is 1.16 bits per heavy atom. The lowest BCUT2D eigenvalue weighted by Gasteiger charge is -2.19. The monoisotopic (exact) mass is 491 g/mol. The van der Waals surface area contributed by atoms with Crippen LogP contribution in [0.3, 0.4) is 0 Å². The molecule has 0 aromatic heterocycles. The maximum Gasteiger partial charge on any atom is 0.191 e. The van der Waals surface area contributed by atoms with Gasteiger partial charge in [-0.2, -0.15) is 0 Å². The third-order valence-electron chi connectivity index (χ3n) is 3.53. The number of halogens is 2. The van der Waals surface area contributed by atoms with Gasteiger partial charge in [0.05, 0.1) is 16.8 Å². The van der Waals surface area contributed by atoms with E-state index in [0.29, 0.717) is 18.3 Å². The van der Waals surface area contributed by atoms with Crippen LogP contribution >= 0.6 is 35.6 Å². The lowest BCUT2D eigenvalue weighted by atomic mass is 10.1. The fourth-order valence-corrected chi connectivity index (χ4v) is 3.54. The van der Waals surface area contributed by atoms with Crippen LogP contribution in [0.4, 0.5) is 0 Å². The van der Waals surface area contributed by atoms with Gasteiger partial charge in [0, 0.05) is 29.3 Å². The van der Waals surface area contributed by atoms with Gasteiger partial charge in [0.1, 0.15) is 0 Å². The van der Waals surface area contributed by atoms with Crippen molar-refractivity contribution in [1.29, 1.82) is 0 Å². The van der Waals surface area contributed by atoms with Crippen molar-refractivity contribution < 1.29 is 4.21 Å². The van der Waals surface area contributed by atoms with E-state index in [2.05, 4.69) is 15.6 Å². The van der Waals surface area contributed by atoms with Crippen molar-refractivity contribution in [2.24, 2.45) is 4.99 Å². The molecule has 136 valence electrons. The first kappa shape index (κ1) is 21.9. The van der Waals surface area contributed by atoms with Crippen molar-refractivity contribution in [1.82, 2.24) is 10.6 Å². The summed E-state index contributed by atoms with van der Waals surface area (Å²) in [4.78, 5) is 5.04. The smallest absolute Gasteiger partial charge is 0.191 e. The van der Waals surface area contributed by atoms with Gasteiger partial charge in [-0.25, -0.2) is 0 Å². The normalized spacial score (nSPS) is 13.5. The molecular weight excluding hydrogens is 469 g/mol. The van der Waals surface area contributed by atoms with Crippen LogP contribution in [0.5, 0.6) is 0 Å². The average Bonchev–Trinajstić information content (AvgIpc) is 2.61. The summed E-state index contributed by atoms with van der Waals surface area (Å²) in [5, 5.41) is 7.21. The van der Waals surface area contributed by atoms with Gasteiger partial charge in [-0.1, -0.05) is 48.0 Å². The first-order valence-electron chi connectivity index (χ1n) is 7.77. The van der Waals surface area contributed by atoms with Crippen LogP contribution in [0.1, 0.15) is 18.5 Å².